The van der Waals surface area contributed by atoms with Crippen LogP contribution in [0.5, 0.6) is 0 Å². The van der Waals surface area contributed by atoms with E-state index in [4.69, 9.17) is 9.84 Å². The van der Waals surface area contributed by atoms with E-state index in [1.54, 1.807) is 0 Å². The third kappa shape index (κ3) is 2.90. The molecule has 0 aliphatic carbocycles. The van der Waals surface area contributed by atoms with Crippen LogP contribution >= 0.6 is 0 Å². The Bertz CT molecular complexity index is 420. The van der Waals surface area contributed by atoms with Gasteiger partial charge in [0.1, 0.15) is 5.82 Å². The van der Waals surface area contributed by atoms with E-state index in [9.17, 15) is 4.79 Å². The predicted molar refractivity (Wildman–Crippen MR) is 66.7 cm³/mol. The van der Waals surface area contributed by atoms with Gasteiger partial charge < -0.3 is 14.8 Å². The van der Waals surface area contributed by atoms with Gasteiger partial charge in [0.15, 0.2) is 0 Å². The molecule has 5 nitrogen and oxygen atoms in total. The maximum Gasteiger partial charge on any atom is 0.304 e. The molecule has 1 saturated heterocycles. The van der Waals surface area contributed by atoms with E-state index >= 15 is 0 Å². The van der Waals surface area contributed by atoms with Crippen molar-refractivity contribution in [1.29, 1.82) is 0 Å². The second-order valence-corrected chi connectivity index (χ2v) is 5.53. The lowest BCUT2D eigenvalue weighted by Crippen LogP contribution is -2.23. The zero-order valence-electron chi connectivity index (χ0n) is 10.9. The molecule has 1 aromatic rings. The summed E-state index contributed by atoms with van der Waals surface area (Å²) >= 11 is 0. The largest absolute Gasteiger partial charge is 0.481 e. The number of rotatable bonds is 4. The Hall–Kier alpha value is -1.36. The fourth-order valence-electron chi connectivity index (χ4n) is 2.36. The van der Waals surface area contributed by atoms with Gasteiger partial charge in [-0.3, -0.25) is 4.79 Å². The number of hydrogen-bond acceptors (Lipinski definition) is 3. The molecule has 100 valence electrons. The Morgan fingerprint density at radius 1 is 1.56 bits per heavy atom. The van der Waals surface area contributed by atoms with Crippen molar-refractivity contribution in [1.82, 2.24) is 9.97 Å². The zero-order valence-corrected chi connectivity index (χ0v) is 10.9. The highest BCUT2D eigenvalue weighted by Gasteiger charge is 2.28. The molecule has 2 heterocycles. The van der Waals surface area contributed by atoms with Crippen molar-refractivity contribution in [2.24, 2.45) is 0 Å². The fourth-order valence-corrected chi connectivity index (χ4v) is 2.36. The number of nitrogens with zero attached hydrogens (tertiary/aromatic N) is 1. The van der Waals surface area contributed by atoms with Crippen molar-refractivity contribution < 1.29 is 14.6 Å². The number of ether oxygens (including phenoxy) is 1. The van der Waals surface area contributed by atoms with Crippen molar-refractivity contribution in [2.45, 2.75) is 44.4 Å². The van der Waals surface area contributed by atoms with E-state index in [0.717, 1.165) is 37.6 Å². The molecule has 0 amide bonds. The van der Waals surface area contributed by atoms with Gasteiger partial charge in [0.2, 0.25) is 0 Å². The number of carbonyl (C=O) groups is 1. The lowest BCUT2D eigenvalue weighted by Gasteiger charge is -2.22. The molecule has 1 fully saturated rings. The van der Waals surface area contributed by atoms with Gasteiger partial charge in [-0.05, 0) is 12.8 Å². The normalized spacial score (nSPS) is 17.9. The summed E-state index contributed by atoms with van der Waals surface area (Å²) in [6.07, 6.45) is 3.92. The quantitative estimate of drug-likeness (QED) is 0.860. The molecule has 2 rings (SSSR count). The minimum atomic E-state index is -0.802. The summed E-state index contributed by atoms with van der Waals surface area (Å²) in [7, 11) is 0. The SMILES string of the molecule is CC(C)(CC(=O)O)c1ncc(C2CCOCC2)[nH]1. The standard InChI is InChI=1S/C13H20N2O3/c1-13(2,7-11(16)17)12-14-8-10(15-12)9-3-5-18-6-4-9/h8-9H,3-7H2,1-2H3,(H,14,15)(H,16,17). The van der Waals surface area contributed by atoms with Crippen LogP contribution in [-0.2, 0) is 14.9 Å². The smallest absolute Gasteiger partial charge is 0.304 e. The maximum absolute atomic E-state index is 10.8. The number of carboxylic acid groups (broad SMARTS) is 1. The van der Waals surface area contributed by atoms with Gasteiger partial charge >= 0.3 is 5.97 Å². The lowest BCUT2D eigenvalue weighted by atomic mass is 9.88. The second-order valence-electron chi connectivity index (χ2n) is 5.53. The molecule has 0 saturated carbocycles. The van der Waals surface area contributed by atoms with E-state index in [1.165, 1.54) is 0 Å². The molecule has 0 spiro atoms. The van der Waals surface area contributed by atoms with Crippen LogP contribution in [0.1, 0.15) is 50.5 Å². The number of aliphatic carboxylic acids is 1. The summed E-state index contributed by atoms with van der Waals surface area (Å²) in [5, 5.41) is 8.91. The number of H-pyrrole nitrogens is 1. The van der Waals surface area contributed by atoms with E-state index in [1.807, 2.05) is 20.0 Å². The number of hydrogen-bond donors (Lipinski definition) is 2. The van der Waals surface area contributed by atoms with Gasteiger partial charge in [-0.15, -0.1) is 0 Å². The highest BCUT2D eigenvalue weighted by Crippen LogP contribution is 2.29. The summed E-state index contributed by atoms with van der Waals surface area (Å²) < 4.78 is 5.34. The van der Waals surface area contributed by atoms with Crippen molar-refractivity contribution in [3.05, 3.63) is 17.7 Å². The first-order chi connectivity index (χ1) is 8.49. The molecule has 0 aromatic carbocycles. The van der Waals surface area contributed by atoms with E-state index in [-0.39, 0.29) is 6.42 Å². The Labute approximate surface area is 107 Å². The maximum atomic E-state index is 10.8. The molecule has 0 atom stereocenters. The molecule has 2 N–H and O–H groups in total. The van der Waals surface area contributed by atoms with Crippen LogP contribution in [0.25, 0.3) is 0 Å². The van der Waals surface area contributed by atoms with E-state index < -0.39 is 11.4 Å². The number of aromatic nitrogens is 2. The molecule has 0 radical (unpaired) electrons. The van der Waals surface area contributed by atoms with Gasteiger partial charge in [-0.2, -0.15) is 0 Å². The minimum absolute atomic E-state index is 0.0771. The zero-order chi connectivity index (χ0) is 13.2. The van der Waals surface area contributed by atoms with Gasteiger partial charge in [-0.1, -0.05) is 13.8 Å². The third-order valence-corrected chi connectivity index (χ3v) is 3.49. The number of nitrogens with one attached hydrogen (secondary N) is 1. The minimum Gasteiger partial charge on any atom is -0.481 e. The molecule has 1 aromatic heterocycles. The number of imidazole rings is 1. The summed E-state index contributed by atoms with van der Waals surface area (Å²) in [6, 6.07) is 0. The van der Waals surface area contributed by atoms with Crippen LogP contribution in [0.15, 0.2) is 6.20 Å². The summed E-state index contributed by atoms with van der Waals surface area (Å²) in [6.45, 7) is 5.37. The van der Waals surface area contributed by atoms with Gasteiger partial charge in [0.05, 0.1) is 6.42 Å². The van der Waals surface area contributed by atoms with Crippen LogP contribution in [0.2, 0.25) is 0 Å². The highest BCUT2D eigenvalue weighted by molar-refractivity contribution is 5.68. The van der Waals surface area contributed by atoms with Crippen molar-refractivity contribution in [3.63, 3.8) is 0 Å². The third-order valence-electron chi connectivity index (χ3n) is 3.49. The number of aromatic amines is 1. The molecular formula is C13H20N2O3. The molecule has 18 heavy (non-hydrogen) atoms. The molecule has 1 aliphatic rings. The Morgan fingerprint density at radius 3 is 2.83 bits per heavy atom. The first-order valence-corrected chi connectivity index (χ1v) is 6.34. The molecule has 5 heteroatoms. The van der Waals surface area contributed by atoms with Crippen LogP contribution in [0, 0.1) is 0 Å². The predicted octanol–water partition coefficient (Wildman–Crippen LogP) is 2.06. The van der Waals surface area contributed by atoms with Crippen molar-refractivity contribution in [3.8, 4) is 0 Å². The van der Waals surface area contributed by atoms with E-state index in [0.29, 0.717) is 5.92 Å². The molecule has 0 unspecified atom stereocenters. The van der Waals surface area contributed by atoms with Crippen LogP contribution in [0.3, 0.4) is 0 Å². The van der Waals surface area contributed by atoms with Crippen molar-refractivity contribution in [2.75, 3.05) is 13.2 Å². The van der Waals surface area contributed by atoms with E-state index in [2.05, 4.69) is 9.97 Å². The molecule has 1 aliphatic heterocycles. The van der Waals surface area contributed by atoms with Crippen LogP contribution < -0.4 is 0 Å². The topological polar surface area (TPSA) is 75.2 Å². The average molecular weight is 252 g/mol. The first kappa shape index (κ1) is 13.1. The van der Waals surface area contributed by atoms with Gasteiger partial charge in [-0.25, -0.2) is 4.98 Å². The first-order valence-electron chi connectivity index (χ1n) is 6.34. The second kappa shape index (κ2) is 5.10. The number of carboxylic acids is 1. The van der Waals surface area contributed by atoms with Crippen molar-refractivity contribution >= 4 is 5.97 Å². The highest BCUT2D eigenvalue weighted by atomic mass is 16.5. The summed E-state index contributed by atoms with van der Waals surface area (Å²) in [5.41, 5.74) is 0.640. The fraction of sp³-hybridized carbons (Fsp3) is 0.692. The Kier molecular flexibility index (Phi) is 3.71. The Morgan fingerprint density at radius 2 is 2.22 bits per heavy atom. The summed E-state index contributed by atoms with van der Waals surface area (Å²) in [5.74, 6) is 0.413. The van der Waals surface area contributed by atoms with Crippen LogP contribution in [-0.4, -0.2) is 34.3 Å². The monoisotopic (exact) mass is 252 g/mol. The molecule has 0 bridgehead atoms. The summed E-state index contributed by atoms with van der Waals surface area (Å²) in [4.78, 5) is 18.5. The lowest BCUT2D eigenvalue weighted by molar-refractivity contribution is -0.138. The Balaban J connectivity index is 2.11. The molecular weight excluding hydrogens is 232 g/mol. The van der Waals surface area contributed by atoms with Gasteiger partial charge in [0, 0.05) is 36.4 Å². The van der Waals surface area contributed by atoms with Crippen LogP contribution in [0.4, 0.5) is 0 Å². The van der Waals surface area contributed by atoms with Gasteiger partial charge in [0.25, 0.3) is 0 Å². The average Bonchev–Trinajstić information content (AvgIpc) is 2.78.